The summed E-state index contributed by atoms with van der Waals surface area (Å²) in [5.74, 6) is 1.38. The highest BCUT2D eigenvalue weighted by atomic mass is 32.2. The van der Waals surface area contributed by atoms with Gasteiger partial charge in [-0.25, -0.2) is 4.79 Å². The maximum atomic E-state index is 12.5. The second kappa shape index (κ2) is 6.68. The third-order valence-electron chi connectivity index (χ3n) is 7.50. The number of thioether (sulfide) groups is 1. The zero-order valence-corrected chi connectivity index (χ0v) is 17.2. The molecule has 150 valence electrons. The van der Waals surface area contributed by atoms with Crippen LogP contribution in [0.5, 0.6) is 0 Å². The van der Waals surface area contributed by atoms with Gasteiger partial charge in [-0.15, -0.1) is 0 Å². The number of amides is 2. The highest BCUT2D eigenvalue weighted by Gasteiger charge is 2.65. The van der Waals surface area contributed by atoms with Gasteiger partial charge in [-0.1, -0.05) is 20.3 Å². The Morgan fingerprint density at radius 3 is 2.74 bits per heavy atom. The molecule has 0 radical (unpaired) electrons. The van der Waals surface area contributed by atoms with Gasteiger partial charge in [0, 0.05) is 29.8 Å². The zero-order chi connectivity index (χ0) is 19.4. The summed E-state index contributed by atoms with van der Waals surface area (Å²) in [6, 6.07) is 0.386. The van der Waals surface area contributed by atoms with E-state index in [9.17, 15) is 14.4 Å². The van der Waals surface area contributed by atoms with Crippen molar-refractivity contribution >= 4 is 29.5 Å². The molecule has 5 rings (SSSR count). The first-order valence-corrected chi connectivity index (χ1v) is 11.2. The van der Waals surface area contributed by atoms with Crippen molar-refractivity contribution in [3.63, 3.8) is 0 Å². The number of esters is 1. The van der Waals surface area contributed by atoms with Crippen LogP contribution in [0.1, 0.15) is 59.3 Å². The van der Waals surface area contributed by atoms with Crippen LogP contribution in [-0.2, 0) is 14.3 Å². The normalized spacial score (nSPS) is 41.4. The van der Waals surface area contributed by atoms with Crippen molar-refractivity contribution < 1.29 is 19.1 Å². The number of rotatable bonds is 6. The van der Waals surface area contributed by atoms with Gasteiger partial charge in [-0.2, -0.15) is 11.8 Å². The summed E-state index contributed by atoms with van der Waals surface area (Å²) in [5, 5.41) is 6.35. The SMILES string of the molecule is CC1(C)[C@H]2CC(=O)[C@](C)(OC(=O)CCCC[C@@H]3SC[C@H]4NC(=O)N[C@@H]34)[C@H]1C2. The number of carbonyl (C=O) groups is 3. The number of fused-ring (bicyclic) bond motifs is 3. The number of nitrogens with one attached hydrogen (secondary N) is 2. The molecule has 6 nitrogen and oxygen atoms in total. The number of Topliss-reactive ketones (excluding diaryl/α,β-unsaturated/α-hetero) is 1. The highest BCUT2D eigenvalue weighted by molar-refractivity contribution is 8.00. The molecule has 6 atom stereocenters. The monoisotopic (exact) mass is 394 g/mol. The molecular weight excluding hydrogens is 364 g/mol. The van der Waals surface area contributed by atoms with Gasteiger partial charge >= 0.3 is 12.0 Å². The summed E-state index contributed by atoms with van der Waals surface area (Å²) >= 11 is 1.89. The molecule has 0 aromatic heterocycles. The number of urea groups is 1. The van der Waals surface area contributed by atoms with Crippen molar-refractivity contribution in [2.45, 2.75) is 82.2 Å². The molecule has 0 spiro atoms. The van der Waals surface area contributed by atoms with E-state index in [-0.39, 0.29) is 41.2 Å². The Labute approximate surface area is 164 Å². The fraction of sp³-hybridized carbons (Fsp3) is 0.850. The number of unbranched alkanes of at least 4 members (excludes halogenated alkanes) is 1. The van der Waals surface area contributed by atoms with Gasteiger partial charge in [0.2, 0.25) is 0 Å². The largest absolute Gasteiger partial charge is 0.451 e. The lowest BCUT2D eigenvalue weighted by Gasteiger charge is -2.62. The van der Waals surface area contributed by atoms with Gasteiger partial charge in [-0.3, -0.25) is 9.59 Å². The molecule has 27 heavy (non-hydrogen) atoms. The number of hydrogen-bond acceptors (Lipinski definition) is 5. The number of hydrogen-bond donors (Lipinski definition) is 2. The van der Waals surface area contributed by atoms with Gasteiger partial charge in [0.05, 0.1) is 12.1 Å². The van der Waals surface area contributed by atoms with E-state index >= 15 is 0 Å². The van der Waals surface area contributed by atoms with E-state index in [1.54, 1.807) is 0 Å². The van der Waals surface area contributed by atoms with Crippen molar-refractivity contribution in [2.75, 3.05) is 5.75 Å². The van der Waals surface area contributed by atoms with Crippen LogP contribution < -0.4 is 10.6 Å². The quantitative estimate of drug-likeness (QED) is 0.411. The molecule has 0 aromatic carbocycles. The second-order valence-corrected chi connectivity index (χ2v) is 10.7. The highest BCUT2D eigenvalue weighted by Crippen LogP contribution is 2.62. The standard InChI is InChI=1S/C20H30N2O4S/c1-19(2)11-8-14(19)20(3,15(23)9-11)26-16(24)7-5-4-6-13-17-12(10-27-13)21-18(25)22-17/h11-14,17H,4-10H2,1-3H3,(H2,21,22,25)/t11-,12-,13+,14+,17-,20-/m1/s1. The predicted octanol–water partition coefficient (Wildman–Crippen LogP) is 2.65. The summed E-state index contributed by atoms with van der Waals surface area (Å²) in [7, 11) is 0. The van der Waals surface area contributed by atoms with Crippen molar-refractivity contribution in [3.05, 3.63) is 0 Å². The molecular formula is C20H30N2O4S. The second-order valence-electron chi connectivity index (χ2n) is 9.38. The minimum Gasteiger partial charge on any atom is -0.451 e. The Kier molecular flexibility index (Phi) is 4.72. The van der Waals surface area contributed by atoms with Gasteiger partial charge in [0.1, 0.15) is 0 Å². The van der Waals surface area contributed by atoms with Crippen LogP contribution >= 0.6 is 11.8 Å². The van der Waals surface area contributed by atoms with Crippen molar-refractivity contribution in [2.24, 2.45) is 17.3 Å². The van der Waals surface area contributed by atoms with Crippen LogP contribution in [-0.4, -0.2) is 46.5 Å². The summed E-state index contributed by atoms with van der Waals surface area (Å²) in [5.41, 5.74) is -0.859. The number of carbonyl (C=O) groups excluding carboxylic acids is 3. The average Bonchev–Trinajstić information content (AvgIpc) is 3.13. The van der Waals surface area contributed by atoms with E-state index in [0.717, 1.165) is 31.4 Å². The van der Waals surface area contributed by atoms with Crippen LogP contribution in [0.3, 0.4) is 0 Å². The summed E-state index contributed by atoms with van der Waals surface area (Å²) in [6.07, 6.45) is 4.55. The van der Waals surface area contributed by atoms with Crippen LogP contribution in [0, 0.1) is 17.3 Å². The summed E-state index contributed by atoms with van der Waals surface area (Å²) in [4.78, 5) is 36.3. The Morgan fingerprint density at radius 1 is 1.22 bits per heavy atom. The Morgan fingerprint density at radius 2 is 2.00 bits per heavy atom. The molecule has 0 aromatic rings. The molecule has 2 saturated heterocycles. The first-order valence-electron chi connectivity index (χ1n) is 10.2. The molecule has 3 aliphatic carbocycles. The average molecular weight is 395 g/mol. The first kappa shape index (κ1) is 19.1. The lowest BCUT2D eigenvalue weighted by atomic mass is 9.44. The number of ether oxygens (including phenoxy) is 1. The molecule has 5 aliphatic rings. The van der Waals surface area contributed by atoms with E-state index in [4.69, 9.17) is 4.74 Å². The van der Waals surface area contributed by atoms with Gasteiger partial charge in [0.25, 0.3) is 0 Å². The predicted molar refractivity (Wildman–Crippen MR) is 103 cm³/mol. The maximum Gasteiger partial charge on any atom is 0.315 e. The fourth-order valence-corrected chi connectivity index (χ4v) is 7.13. The fourth-order valence-electron chi connectivity index (χ4n) is 5.59. The molecule has 2 aliphatic heterocycles. The van der Waals surface area contributed by atoms with Gasteiger partial charge < -0.3 is 15.4 Å². The van der Waals surface area contributed by atoms with Crippen molar-refractivity contribution in [1.29, 1.82) is 0 Å². The van der Waals surface area contributed by atoms with Crippen LogP contribution in [0.25, 0.3) is 0 Å². The van der Waals surface area contributed by atoms with E-state index in [1.807, 2.05) is 18.7 Å². The Balaban J connectivity index is 1.22. The van der Waals surface area contributed by atoms with E-state index in [2.05, 4.69) is 24.5 Å². The molecule has 2 bridgehead atoms. The minimum absolute atomic E-state index is 0.0644. The molecule has 5 fully saturated rings. The van der Waals surface area contributed by atoms with Gasteiger partial charge in [0.15, 0.2) is 11.4 Å². The minimum atomic E-state index is -0.941. The molecule has 0 unspecified atom stereocenters. The molecule has 2 heterocycles. The molecule has 3 saturated carbocycles. The topological polar surface area (TPSA) is 84.5 Å². The van der Waals surface area contributed by atoms with E-state index in [0.29, 0.717) is 24.0 Å². The Bertz CT molecular complexity index is 666. The van der Waals surface area contributed by atoms with Crippen molar-refractivity contribution in [1.82, 2.24) is 10.6 Å². The number of ketones is 1. The smallest absolute Gasteiger partial charge is 0.315 e. The molecule has 2 amide bonds. The van der Waals surface area contributed by atoms with E-state index in [1.165, 1.54) is 0 Å². The maximum absolute atomic E-state index is 12.5. The van der Waals surface area contributed by atoms with Crippen molar-refractivity contribution in [3.8, 4) is 0 Å². The Hall–Kier alpha value is -1.24. The first-order chi connectivity index (χ1) is 12.7. The molecule has 2 N–H and O–H groups in total. The summed E-state index contributed by atoms with van der Waals surface area (Å²) < 4.78 is 5.77. The summed E-state index contributed by atoms with van der Waals surface area (Å²) in [6.45, 7) is 6.20. The zero-order valence-electron chi connectivity index (χ0n) is 16.4. The lowest BCUT2D eigenvalue weighted by molar-refractivity contribution is -0.213. The van der Waals surface area contributed by atoms with E-state index < -0.39 is 5.60 Å². The van der Waals surface area contributed by atoms with Crippen LogP contribution in [0.15, 0.2) is 0 Å². The lowest BCUT2D eigenvalue weighted by Crippen LogP contribution is -2.66. The molecule has 7 heteroatoms. The third-order valence-corrected chi connectivity index (χ3v) is 9.01. The van der Waals surface area contributed by atoms with Crippen LogP contribution in [0.2, 0.25) is 0 Å². The third kappa shape index (κ3) is 3.15. The van der Waals surface area contributed by atoms with Gasteiger partial charge in [-0.05, 0) is 37.5 Å². The van der Waals surface area contributed by atoms with Crippen LogP contribution in [0.4, 0.5) is 4.79 Å².